The molecule has 0 spiro atoms. The summed E-state index contributed by atoms with van der Waals surface area (Å²) in [5.74, 6) is 0.706. The molecule has 1 heterocycles. The van der Waals surface area contributed by atoms with E-state index in [1.807, 2.05) is 24.3 Å². The number of rotatable bonds is 8. The molecule has 1 aliphatic heterocycles. The lowest BCUT2D eigenvalue weighted by atomic mass is 10.1. The molecule has 32 heavy (non-hydrogen) atoms. The maximum Gasteiger partial charge on any atom is 0.416 e. The Hall–Kier alpha value is -2.78. The highest BCUT2D eigenvalue weighted by Crippen LogP contribution is 2.32. The van der Waals surface area contributed by atoms with E-state index in [2.05, 4.69) is 10.2 Å². The molecule has 1 N–H and O–H groups in total. The van der Waals surface area contributed by atoms with Crippen molar-refractivity contribution in [3.63, 3.8) is 0 Å². The maximum absolute atomic E-state index is 13.2. The molecule has 0 aromatic heterocycles. The Balaban J connectivity index is 1.47. The van der Waals surface area contributed by atoms with Gasteiger partial charge in [-0.1, -0.05) is 30.3 Å². The molecule has 1 saturated heterocycles. The van der Waals surface area contributed by atoms with Gasteiger partial charge in [-0.05, 0) is 29.3 Å². The van der Waals surface area contributed by atoms with Crippen LogP contribution in [0.1, 0.15) is 16.7 Å². The smallest absolute Gasteiger partial charge is 0.416 e. The van der Waals surface area contributed by atoms with Gasteiger partial charge in [0.05, 0.1) is 18.8 Å². The number of nitrogens with one attached hydrogen (secondary N) is 1. The van der Waals surface area contributed by atoms with Gasteiger partial charge in [-0.25, -0.2) is 4.79 Å². The van der Waals surface area contributed by atoms with Crippen molar-refractivity contribution in [2.45, 2.75) is 19.3 Å². The maximum atomic E-state index is 13.2. The van der Waals surface area contributed by atoms with Crippen LogP contribution in [0, 0.1) is 0 Å². The van der Waals surface area contributed by atoms with E-state index in [-0.39, 0.29) is 18.7 Å². The van der Waals surface area contributed by atoms with Crippen LogP contribution in [0.4, 0.5) is 18.0 Å². The average Bonchev–Trinajstić information content (AvgIpc) is 2.78. The molecule has 3 rings (SSSR count). The van der Waals surface area contributed by atoms with Crippen LogP contribution >= 0.6 is 0 Å². The molecule has 0 radical (unpaired) electrons. The summed E-state index contributed by atoms with van der Waals surface area (Å²) in [7, 11) is 1.47. The lowest BCUT2D eigenvalue weighted by Gasteiger charge is -2.26. The van der Waals surface area contributed by atoms with E-state index in [0.29, 0.717) is 12.4 Å². The number of morpholine rings is 1. The first-order chi connectivity index (χ1) is 15.3. The topological polar surface area (TPSA) is 54.0 Å². The third-order valence-electron chi connectivity index (χ3n) is 5.20. The zero-order chi connectivity index (χ0) is 23.0. The second-order valence-electron chi connectivity index (χ2n) is 7.62. The Bertz CT molecular complexity index is 886. The molecular formula is C23H28F3N3O3. The third kappa shape index (κ3) is 7.13. The second kappa shape index (κ2) is 11.2. The largest absolute Gasteiger partial charge is 0.492 e. The van der Waals surface area contributed by atoms with Crippen LogP contribution in [0.2, 0.25) is 0 Å². The molecule has 2 amide bonds. The van der Waals surface area contributed by atoms with E-state index in [1.165, 1.54) is 30.1 Å². The molecule has 1 aliphatic rings. The second-order valence-corrected chi connectivity index (χ2v) is 7.62. The van der Waals surface area contributed by atoms with Gasteiger partial charge in [0, 0.05) is 39.8 Å². The zero-order valence-electron chi connectivity index (χ0n) is 18.0. The zero-order valence-corrected chi connectivity index (χ0v) is 18.0. The Kier molecular flexibility index (Phi) is 8.35. The number of carbonyl (C=O) groups is 1. The SMILES string of the molecule is CN(Cc1ccccc1C(F)(F)F)C(=O)NCc1cccc(OCCN2CCOCC2)c1. The summed E-state index contributed by atoms with van der Waals surface area (Å²) in [4.78, 5) is 15.9. The molecule has 1 fully saturated rings. The predicted octanol–water partition coefficient (Wildman–Crippen LogP) is 3.76. The van der Waals surface area contributed by atoms with Gasteiger partial charge in [-0.3, -0.25) is 4.90 Å². The van der Waals surface area contributed by atoms with Crippen molar-refractivity contribution in [2.24, 2.45) is 0 Å². The number of halogens is 3. The fraction of sp³-hybridized carbons (Fsp3) is 0.435. The lowest BCUT2D eigenvalue weighted by molar-refractivity contribution is -0.138. The highest BCUT2D eigenvalue weighted by Gasteiger charge is 2.33. The summed E-state index contributed by atoms with van der Waals surface area (Å²) >= 11 is 0. The van der Waals surface area contributed by atoms with Crippen LogP contribution in [-0.4, -0.2) is 62.3 Å². The van der Waals surface area contributed by atoms with E-state index >= 15 is 0 Å². The van der Waals surface area contributed by atoms with Gasteiger partial charge in [-0.15, -0.1) is 0 Å². The highest BCUT2D eigenvalue weighted by molar-refractivity contribution is 5.73. The van der Waals surface area contributed by atoms with Gasteiger partial charge in [0.15, 0.2) is 0 Å². The first-order valence-corrected chi connectivity index (χ1v) is 10.5. The number of carbonyl (C=O) groups excluding carboxylic acids is 1. The molecule has 0 aliphatic carbocycles. The highest BCUT2D eigenvalue weighted by atomic mass is 19.4. The molecule has 0 saturated carbocycles. The van der Waals surface area contributed by atoms with E-state index in [0.717, 1.165) is 44.5 Å². The van der Waals surface area contributed by atoms with Crippen molar-refractivity contribution in [1.29, 1.82) is 0 Å². The number of urea groups is 1. The molecule has 6 nitrogen and oxygen atoms in total. The lowest BCUT2D eigenvalue weighted by Crippen LogP contribution is -2.38. The van der Waals surface area contributed by atoms with Crippen molar-refractivity contribution < 1.29 is 27.4 Å². The minimum atomic E-state index is -4.46. The average molecular weight is 451 g/mol. The summed E-state index contributed by atoms with van der Waals surface area (Å²) in [5, 5.41) is 2.74. The minimum absolute atomic E-state index is 0.0494. The van der Waals surface area contributed by atoms with Gasteiger partial charge in [-0.2, -0.15) is 13.2 Å². The van der Waals surface area contributed by atoms with Crippen molar-refractivity contribution in [3.8, 4) is 5.75 Å². The summed E-state index contributed by atoms with van der Waals surface area (Å²) in [6.07, 6.45) is -4.46. The Morgan fingerprint density at radius 2 is 1.91 bits per heavy atom. The van der Waals surface area contributed by atoms with Crippen molar-refractivity contribution in [2.75, 3.05) is 46.5 Å². The Morgan fingerprint density at radius 3 is 2.66 bits per heavy atom. The van der Waals surface area contributed by atoms with Gasteiger partial charge in [0.2, 0.25) is 0 Å². The molecular weight excluding hydrogens is 423 g/mol. The summed E-state index contributed by atoms with van der Waals surface area (Å²) in [5.41, 5.74) is 0.154. The van der Waals surface area contributed by atoms with Gasteiger partial charge < -0.3 is 19.7 Å². The van der Waals surface area contributed by atoms with Crippen LogP contribution in [-0.2, 0) is 24.0 Å². The minimum Gasteiger partial charge on any atom is -0.492 e. The van der Waals surface area contributed by atoms with Gasteiger partial charge >= 0.3 is 12.2 Å². The summed E-state index contributed by atoms with van der Waals surface area (Å²) in [6, 6.07) is 12.2. The number of hydrogen-bond acceptors (Lipinski definition) is 4. The number of alkyl halides is 3. The van der Waals surface area contributed by atoms with E-state index < -0.39 is 17.8 Å². The molecule has 0 unspecified atom stereocenters. The monoisotopic (exact) mass is 451 g/mol. The Morgan fingerprint density at radius 1 is 1.16 bits per heavy atom. The number of hydrogen-bond donors (Lipinski definition) is 1. The van der Waals surface area contributed by atoms with E-state index in [4.69, 9.17) is 9.47 Å². The first-order valence-electron chi connectivity index (χ1n) is 10.5. The normalized spacial score (nSPS) is 14.8. The molecule has 9 heteroatoms. The van der Waals surface area contributed by atoms with Gasteiger partial charge in [0.1, 0.15) is 12.4 Å². The summed E-state index contributed by atoms with van der Waals surface area (Å²) < 4.78 is 50.6. The van der Waals surface area contributed by atoms with Crippen LogP contribution in [0.3, 0.4) is 0 Å². The van der Waals surface area contributed by atoms with E-state index in [9.17, 15) is 18.0 Å². The molecule has 2 aromatic carbocycles. The molecule has 0 bridgehead atoms. The van der Waals surface area contributed by atoms with Crippen molar-refractivity contribution in [1.82, 2.24) is 15.1 Å². The molecule has 2 aromatic rings. The fourth-order valence-electron chi connectivity index (χ4n) is 3.44. The van der Waals surface area contributed by atoms with Crippen molar-refractivity contribution in [3.05, 3.63) is 65.2 Å². The standard InChI is InChI=1S/C23H28F3N3O3/c1-28(17-19-6-2-3-8-21(19)23(24,25)26)22(30)27-16-18-5-4-7-20(15-18)32-14-11-29-9-12-31-13-10-29/h2-8,15H,9-14,16-17H2,1H3,(H,27,30). The Labute approximate surface area is 185 Å². The van der Waals surface area contributed by atoms with Crippen LogP contribution in [0.25, 0.3) is 0 Å². The van der Waals surface area contributed by atoms with E-state index in [1.54, 1.807) is 0 Å². The number of amides is 2. The summed E-state index contributed by atoms with van der Waals surface area (Å²) in [6.45, 7) is 4.74. The quantitative estimate of drug-likeness (QED) is 0.664. The first kappa shape index (κ1) is 23.9. The fourth-order valence-corrected chi connectivity index (χ4v) is 3.44. The van der Waals surface area contributed by atoms with Crippen molar-refractivity contribution >= 4 is 6.03 Å². The molecule has 174 valence electrons. The predicted molar refractivity (Wildman–Crippen MR) is 114 cm³/mol. The van der Waals surface area contributed by atoms with Gasteiger partial charge in [0.25, 0.3) is 0 Å². The van der Waals surface area contributed by atoms with Crippen LogP contribution < -0.4 is 10.1 Å². The third-order valence-corrected chi connectivity index (χ3v) is 5.20. The number of ether oxygens (including phenoxy) is 2. The molecule has 0 atom stereocenters. The number of nitrogens with zero attached hydrogens (tertiary/aromatic N) is 2. The van der Waals surface area contributed by atoms with Crippen LogP contribution in [0.15, 0.2) is 48.5 Å². The number of benzene rings is 2. The van der Waals surface area contributed by atoms with Crippen LogP contribution in [0.5, 0.6) is 5.75 Å².